The van der Waals surface area contributed by atoms with E-state index in [2.05, 4.69) is 29.7 Å². The van der Waals surface area contributed by atoms with Gasteiger partial charge in [0.2, 0.25) is 0 Å². The molecule has 0 aliphatic heterocycles. The average molecular weight is 489 g/mol. The molecule has 0 atom stereocenters. The minimum atomic E-state index is -4.38. The number of benzene rings is 1. The lowest BCUT2D eigenvalue weighted by atomic mass is 9.95. The zero-order valence-electron chi connectivity index (χ0n) is 16.4. The Balaban J connectivity index is 1.52. The maximum absolute atomic E-state index is 13.0. The van der Waals surface area contributed by atoms with Crippen molar-refractivity contribution in [3.63, 3.8) is 0 Å². The van der Waals surface area contributed by atoms with Gasteiger partial charge in [-0.2, -0.15) is 13.2 Å². The van der Waals surface area contributed by atoms with Crippen LogP contribution < -0.4 is 5.32 Å². The highest BCUT2D eigenvalue weighted by molar-refractivity contribution is 7.98. The second-order valence-corrected chi connectivity index (χ2v) is 9.57. The van der Waals surface area contributed by atoms with Crippen molar-refractivity contribution in [1.82, 2.24) is 24.4 Å². The summed E-state index contributed by atoms with van der Waals surface area (Å²) in [4.78, 5) is 0. The predicted molar refractivity (Wildman–Crippen MR) is 115 cm³/mol. The summed E-state index contributed by atoms with van der Waals surface area (Å²) in [6, 6.07) is 5.44. The molecule has 2 aromatic heterocycles. The van der Waals surface area contributed by atoms with Gasteiger partial charge in [0, 0.05) is 29.0 Å². The fraction of sp³-hybridized carbons (Fsp3) is 0.474. The van der Waals surface area contributed by atoms with E-state index in [9.17, 15) is 13.2 Å². The Morgan fingerprint density at radius 2 is 1.97 bits per heavy atom. The minimum Gasteiger partial charge on any atom is -0.378 e. The quantitative estimate of drug-likeness (QED) is 0.399. The first-order valence-electron chi connectivity index (χ1n) is 9.86. The van der Waals surface area contributed by atoms with Gasteiger partial charge in [0.25, 0.3) is 0 Å². The van der Waals surface area contributed by atoms with Crippen molar-refractivity contribution < 1.29 is 13.2 Å². The zero-order valence-corrected chi connectivity index (χ0v) is 18.8. The summed E-state index contributed by atoms with van der Waals surface area (Å²) < 4.78 is 45.5. The molecule has 1 aliphatic carbocycles. The number of rotatable bonds is 7. The molecule has 12 heteroatoms. The van der Waals surface area contributed by atoms with E-state index in [0.717, 1.165) is 54.5 Å². The number of hydrogen-bond donors (Lipinski definition) is 1. The Bertz CT molecular complexity index is 1020. The SMILES string of the molecule is FC(F)(F)c1cccc(NCc2nnc(SCc3nnsc3Cl)n2C2CCCCC2)c1. The van der Waals surface area contributed by atoms with Crippen LogP contribution >= 0.6 is 34.9 Å². The third-order valence-corrected chi connectivity index (χ3v) is 7.10. The van der Waals surface area contributed by atoms with E-state index in [1.54, 1.807) is 6.07 Å². The molecule has 0 unspecified atom stereocenters. The molecule has 1 fully saturated rings. The maximum atomic E-state index is 13.0. The van der Waals surface area contributed by atoms with Crippen LogP contribution in [0, 0.1) is 0 Å². The van der Waals surface area contributed by atoms with Gasteiger partial charge in [-0.15, -0.1) is 15.3 Å². The molecule has 1 aromatic carbocycles. The number of hydrogen-bond acceptors (Lipinski definition) is 7. The van der Waals surface area contributed by atoms with Gasteiger partial charge in [0.1, 0.15) is 10.0 Å². The molecule has 6 nitrogen and oxygen atoms in total. The van der Waals surface area contributed by atoms with Crippen molar-refractivity contribution in [1.29, 1.82) is 0 Å². The number of nitrogens with zero attached hydrogens (tertiary/aromatic N) is 5. The highest BCUT2D eigenvalue weighted by atomic mass is 35.5. The molecule has 1 saturated carbocycles. The minimum absolute atomic E-state index is 0.272. The Kier molecular flexibility index (Phi) is 7.02. The van der Waals surface area contributed by atoms with Crippen LogP contribution in [0.1, 0.15) is 55.2 Å². The van der Waals surface area contributed by atoms with Crippen LogP contribution in [0.3, 0.4) is 0 Å². The molecule has 0 spiro atoms. The summed E-state index contributed by atoms with van der Waals surface area (Å²) >= 11 is 8.75. The van der Waals surface area contributed by atoms with Crippen LogP contribution in [-0.4, -0.2) is 24.4 Å². The van der Waals surface area contributed by atoms with Gasteiger partial charge in [-0.05, 0) is 31.0 Å². The Labute approximate surface area is 190 Å². The first kappa shape index (κ1) is 22.3. The molecule has 0 amide bonds. The molecule has 0 bridgehead atoms. The topological polar surface area (TPSA) is 68.5 Å². The van der Waals surface area contributed by atoms with Crippen molar-refractivity contribution in [2.75, 3.05) is 5.32 Å². The standard InChI is InChI=1S/C19H20ClF3N6S2/c20-17-15(25-28-31-17)11-30-18-27-26-16(29(18)14-7-2-1-3-8-14)10-24-13-6-4-5-12(9-13)19(21,22)23/h4-6,9,14,24H,1-3,7-8,10-11H2. The Morgan fingerprint density at radius 1 is 1.16 bits per heavy atom. The molecular weight excluding hydrogens is 469 g/mol. The normalized spacial score (nSPS) is 15.4. The van der Waals surface area contributed by atoms with Gasteiger partial charge in [-0.25, -0.2) is 0 Å². The number of alkyl halides is 3. The molecule has 0 radical (unpaired) electrons. The van der Waals surface area contributed by atoms with E-state index in [1.807, 2.05) is 0 Å². The van der Waals surface area contributed by atoms with Crippen LogP contribution in [0.4, 0.5) is 18.9 Å². The van der Waals surface area contributed by atoms with Crippen LogP contribution in [-0.2, 0) is 18.5 Å². The summed E-state index contributed by atoms with van der Waals surface area (Å²) in [6.07, 6.45) is 1.15. The van der Waals surface area contributed by atoms with E-state index in [0.29, 0.717) is 27.3 Å². The smallest absolute Gasteiger partial charge is 0.378 e. The van der Waals surface area contributed by atoms with Gasteiger partial charge in [0.05, 0.1) is 12.1 Å². The van der Waals surface area contributed by atoms with Gasteiger partial charge < -0.3 is 9.88 Å². The Morgan fingerprint density at radius 3 is 2.68 bits per heavy atom. The third-order valence-electron chi connectivity index (χ3n) is 5.16. The first-order valence-corrected chi connectivity index (χ1v) is 12.0. The van der Waals surface area contributed by atoms with Crippen LogP contribution in [0.2, 0.25) is 4.34 Å². The number of thioether (sulfide) groups is 1. The average Bonchev–Trinajstić information content (AvgIpc) is 3.36. The Hall–Kier alpha value is -1.85. The molecule has 3 aromatic rings. The predicted octanol–water partition coefficient (Wildman–Crippen LogP) is 6.21. The van der Waals surface area contributed by atoms with E-state index < -0.39 is 11.7 Å². The molecule has 166 valence electrons. The fourth-order valence-corrected chi connectivity index (χ4v) is 5.39. The number of nitrogens with one attached hydrogen (secondary N) is 1. The highest BCUT2D eigenvalue weighted by Gasteiger charge is 2.30. The first-order chi connectivity index (χ1) is 14.9. The van der Waals surface area contributed by atoms with E-state index in [1.165, 1.54) is 24.2 Å². The molecule has 1 N–H and O–H groups in total. The van der Waals surface area contributed by atoms with Crippen molar-refractivity contribution in [2.45, 2.75) is 61.8 Å². The van der Waals surface area contributed by atoms with Crippen LogP contribution in [0.5, 0.6) is 0 Å². The van der Waals surface area contributed by atoms with Gasteiger partial charge in [-0.3, -0.25) is 0 Å². The van der Waals surface area contributed by atoms with Crippen molar-refractivity contribution in [3.8, 4) is 0 Å². The largest absolute Gasteiger partial charge is 0.416 e. The summed E-state index contributed by atoms with van der Waals surface area (Å²) in [7, 11) is 0. The van der Waals surface area contributed by atoms with Crippen LogP contribution in [0.15, 0.2) is 29.4 Å². The van der Waals surface area contributed by atoms with Gasteiger partial charge >= 0.3 is 6.18 Å². The molecule has 4 rings (SSSR count). The molecule has 0 saturated heterocycles. The lowest BCUT2D eigenvalue weighted by Gasteiger charge is -2.25. The van der Waals surface area contributed by atoms with Gasteiger partial charge in [0.15, 0.2) is 11.0 Å². The number of halogens is 4. The van der Waals surface area contributed by atoms with E-state index >= 15 is 0 Å². The monoisotopic (exact) mass is 488 g/mol. The fourth-order valence-electron chi connectivity index (χ4n) is 3.64. The molecular formula is C19H20ClF3N6S2. The molecule has 1 aliphatic rings. The summed E-state index contributed by atoms with van der Waals surface area (Å²) in [5, 5.41) is 16.6. The van der Waals surface area contributed by atoms with E-state index in [4.69, 9.17) is 11.6 Å². The lowest BCUT2D eigenvalue weighted by molar-refractivity contribution is -0.137. The van der Waals surface area contributed by atoms with E-state index in [-0.39, 0.29) is 12.6 Å². The second-order valence-electron chi connectivity index (χ2n) is 7.27. The molecule has 31 heavy (non-hydrogen) atoms. The zero-order chi connectivity index (χ0) is 21.8. The maximum Gasteiger partial charge on any atom is 0.416 e. The highest BCUT2D eigenvalue weighted by Crippen LogP contribution is 2.35. The third kappa shape index (κ3) is 5.50. The van der Waals surface area contributed by atoms with Gasteiger partial charge in [-0.1, -0.05) is 53.2 Å². The van der Waals surface area contributed by atoms with Crippen LogP contribution in [0.25, 0.3) is 0 Å². The number of aromatic nitrogens is 5. The van der Waals surface area contributed by atoms with Crippen molar-refractivity contribution >= 4 is 40.6 Å². The summed E-state index contributed by atoms with van der Waals surface area (Å²) in [6.45, 7) is 0.282. The van der Waals surface area contributed by atoms with Crippen molar-refractivity contribution in [3.05, 3.63) is 45.7 Å². The summed E-state index contributed by atoms with van der Waals surface area (Å²) in [5.41, 5.74) is 0.414. The summed E-state index contributed by atoms with van der Waals surface area (Å²) in [5.74, 6) is 1.23. The van der Waals surface area contributed by atoms with Crippen molar-refractivity contribution in [2.24, 2.45) is 0 Å². The number of anilines is 1. The second kappa shape index (κ2) is 9.74. The lowest BCUT2D eigenvalue weighted by Crippen LogP contribution is -2.18. The molecule has 2 heterocycles.